The largest absolute Gasteiger partial charge is 0.312 e. The number of carbonyl (C=O) groups excluding carboxylic acids is 1. The Morgan fingerprint density at radius 2 is 2.03 bits per heavy atom. The minimum atomic E-state index is -0.259. The molecular formula is C27H21Cl2N3OS. The summed E-state index contributed by atoms with van der Waals surface area (Å²) in [4.78, 5) is 19.7. The van der Waals surface area contributed by atoms with Crippen molar-refractivity contribution < 1.29 is 4.79 Å². The predicted octanol–water partition coefficient (Wildman–Crippen LogP) is 7.83. The summed E-state index contributed by atoms with van der Waals surface area (Å²) in [5.41, 5.74) is 4.96. The lowest BCUT2D eigenvalue weighted by Gasteiger charge is -2.17. The van der Waals surface area contributed by atoms with Crippen molar-refractivity contribution in [3.05, 3.63) is 79.6 Å². The Labute approximate surface area is 212 Å². The van der Waals surface area contributed by atoms with Crippen LogP contribution in [0.1, 0.15) is 45.3 Å². The molecule has 0 radical (unpaired) electrons. The van der Waals surface area contributed by atoms with Gasteiger partial charge in [0.25, 0.3) is 5.91 Å². The smallest absolute Gasteiger partial charge is 0.257 e. The number of anilines is 1. The van der Waals surface area contributed by atoms with Gasteiger partial charge in [0.15, 0.2) is 0 Å². The highest BCUT2D eigenvalue weighted by Crippen LogP contribution is 2.40. The van der Waals surface area contributed by atoms with Crippen molar-refractivity contribution >= 4 is 56.3 Å². The lowest BCUT2D eigenvalue weighted by molar-refractivity contribution is 0.102. The van der Waals surface area contributed by atoms with E-state index < -0.39 is 0 Å². The fourth-order valence-electron chi connectivity index (χ4n) is 4.67. The lowest BCUT2D eigenvalue weighted by atomic mass is 9.88. The summed E-state index contributed by atoms with van der Waals surface area (Å²) in [5.74, 6) is 0.324. The van der Waals surface area contributed by atoms with E-state index >= 15 is 0 Å². The molecule has 1 atom stereocenters. The zero-order valence-corrected chi connectivity index (χ0v) is 21.0. The maximum Gasteiger partial charge on any atom is 0.257 e. The van der Waals surface area contributed by atoms with Gasteiger partial charge in [-0.25, -0.2) is 4.98 Å². The monoisotopic (exact) mass is 505 g/mol. The van der Waals surface area contributed by atoms with Gasteiger partial charge in [-0.1, -0.05) is 48.3 Å². The Balaban J connectivity index is 1.64. The number of benzene rings is 2. The fourth-order valence-corrected chi connectivity index (χ4v) is 6.52. The van der Waals surface area contributed by atoms with Crippen LogP contribution in [0.5, 0.6) is 0 Å². The summed E-state index contributed by atoms with van der Waals surface area (Å²) in [5, 5.41) is 15.3. The molecule has 34 heavy (non-hydrogen) atoms. The summed E-state index contributed by atoms with van der Waals surface area (Å²) in [6, 6.07) is 15.1. The highest BCUT2D eigenvalue weighted by Gasteiger charge is 2.26. The Bertz CT molecular complexity index is 1500. The van der Waals surface area contributed by atoms with Crippen molar-refractivity contribution in [3.63, 3.8) is 0 Å². The lowest BCUT2D eigenvalue weighted by Crippen LogP contribution is -2.15. The number of hydrogen-bond donors (Lipinski definition) is 1. The van der Waals surface area contributed by atoms with Crippen molar-refractivity contribution in [2.24, 2.45) is 5.92 Å². The number of amides is 1. The first-order valence-electron chi connectivity index (χ1n) is 11.1. The number of thiophene rings is 1. The summed E-state index contributed by atoms with van der Waals surface area (Å²) >= 11 is 14.1. The number of carbonyl (C=O) groups is 1. The van der Waals surface area contributed by atoms with E-state index in [4.69, 9.17) is 28.2 Å². The molecule has 0 spiro atoms. The van der Waals surface area contributed by atoms with Gasteiger partial charge in [-0.05, 0) is 67.5 Å². The van der Waals surface area contributed by atoms with E-state index in [2.05, 4.69) is 18.3 Å². The van der Waals surface area contributed by atoms with Crippen LogP contribution in [-0.4, -0.2) is 10.9 Å². The van der Waals surface area contributed by atoms with E-state index in [1.165, 1.54) is 16.2 Å². The number of nitrogens with one attached hydrogen (secondary N) is 1. The number of halogens is 2. The Morgan fingerprint density at radius 3 is 2.79 bits per heavy atom. The molecule has 5 rings (SSSR count). The number of para-hydroxylation sites is 1. The molecule has 4 nitrogen and oxygen atoms in total. The first-order valence-corrected chi connectivity index (χ1v) is 12.6. The number of hydrogen-bond acceptors (Lipinski definition) is 4. The van der Waals surface area contributed by atoms with Crippen LogP contribution in [0.4, 0.5) is 5.00 Å². The average Bonchev–Trinajstić information content (AvgIpc) is 3.14. The van der Waals surface area contributed by atoms with Gasteiger partial charge in [0, 0.05) is 20.8 Å². The third-order valence-electron chi connectivity index (χ3n) is 6.40. The molecule has 7 heteroatoms. The molecular weight excluding hydrogens is 485 g/mol. The number of nitriles is 1. The first-order chi connectivity index (χ1) is 16.4. The second-order valence-corrected chi connectivity index (χ2v) is 10.7. The number of aromatic nitrogens is 1. The molecule has 2 aromatic carbocycles. The molecule has 0 bridgehead atoms. The van der Waals surface area contributed by atoms with E-state index in [0.717, 1.165) is 30.2 Å². The predicted molar refractivity (Wildman–Crippen MR) is 140 cm³/mol. The van der Waals surface area contributed by atoms with Crippen LogP contribution in [0, 0.1) is 24.2 Å². The number of nitrogens with zero attached hydrogens (tertiary/aromatic N) is 2. The van der Waals surface area contributed by atoms with Gasteiger partial charge in [-0.15, -0.1) is 11.3 Å². The van der Waals surface area contributed by atoms with Gasteiger partial charge in [-0.3, -0.25) is 4.79 Å². The second-order valence-electron chi connectivity index (χ2n) is 8.72. The molecule has 1 aliphatic carbocycles. The van der Waals surface area contributed by atoms with Crippen LogP contribution in [0.3, 0.4) is 0 Å². The van der Waals surface area contributed by atoms with Crippen molar-refractivity contribution in [2.75, 3.05) is 5.32 Å². The molecule has 1 unspecified atom stereocenters. The maximum atomic E-state index is 13.7. The van der Waals surface area contributed by atoms with E-state index in [1.54, 1.807) is 12.1 Å². The first kappa shape index (κ1) is 22.9. The summed E-state index contributed by atoms with van der Waals surface area (Å²) in [6.07, 6.45) is 2.88. The number of pyridine rings is 1. The molecule has 2 heterocycles. The van der Waals surface area contributed by atoms with E-state index in [-0.39, 0.29) is 5.91 Å². The molecule has 2 aromatic heterocycles. The molecule has 0 fully saturated rings. The SMILES string of the molecule is Cc1c(-c2ccc(Cl)cc2Cl)nc2ccccc2c1C(=O)Nc1sc2c(c1C#N)CCC(C)C2. The van der Waals surface area contributed by atoms with Crippen molar-refractivity contribution in [2.45, 2.75) is 33.1 Å². The molecule has 0 aliphatic heterocycles. The van der Waals surface area contributed by atoms with E-state index in [9.17, 15) is 10.1 Å². The van der Waals surface area contributed by atoms with Crippen LogP contribution in [0.25, 0.3) is 22.2 Å². The Morgan fingerprint density at radius 1 is 1.24 bits per heavy atom. The van der Waals surface area contributed by atoms with Crippen LogP contribution < -0.4 is 5.32 Å². The van der Waals surface area contributed by atoms with Gasteiger partial charge in [0.2, 0.25) is 0 Å². The quantitative estimate of drug-likeness (QED) is 0.308. The highest BCUT2D eigenvalue weighted by molar-refractivity contribution is 7.16. The van der Waals surface area contributed by atoms with Crippen molar-refractivity contribution in [1.29, 1.82) is 5.26 Å². The zero-order valence-electron chi connectivity index (χ0n) is 18.7. The fraction of sp³-hybridized carbons (Fsp3) is 0.222. The van der Waals surface area contributed by atoms with Gasteiger partial charge >= 0.3 is 0 Å². The van der Waals surface area contributed by atoms with E-state index in [1.807, 2.05) is 37.3 Å². The Kier molecular flexibility index (Phi) is 6.07. The normalized spacial score (nSPS) is 15.1. The summed E-state index contributed by atoms with van der Waals surface area (Å²) in [6.45, 7) is 4.10. The molecule has 170 valence electrons. The van der Waals surface area contributed by atoms with E-state index in [0.29, 0.717) is 54.4 Å². The molecule has 1 amide bonds. The van der Waals surface area contributed by atoms with Crippen LogP contribution in [-0.2, 0) is 12.8 Å². The minimum Gasteiger partial charge on any atom is -0.312 e. The molecule has 1 aliphatic rings. The van der Waals surface area contributed by atoms with Crippen LogP contribution in [0.2, 0.25) is 10.0 Å². The van der Waals surface area contributed by atoms with Gasteiger partial charge in [0.1, 0.15) is 11.1 Å². The standard InChI is InChI=1S/C27H21Cl2N3OS/c1-14-7-9-17-20(13-30)27(34-23(17)11-14)32-26(33)24-15(2)25(18-10-8-16(28)12-21(18)29)31-22-6-4-3-5-19(22)24/h3-6,8,10,12,14H,7,9,11H2,1-2H3,(H,32,33). The zero-order chi connectivity index (χ0) is 24.0. The molecule has 4 aromatic rings. The molecule has 1 N–H and O–H groups in total. The molecule has 0 saturated heterocycles. The van der Waals surface area contributed by atoms with Gasteiger partial charge in [0.05, 0.1) is 27.4 Å². The van der Waals surface area contributed by atoms with Crippen molar-refractivity contribution in [1.82, 2.24) is 4.98 Å². The third kappa shape index (κ3) is 3.96. The Hall–Kier alpha value is -2.91. The average molecular weight is 506 g/mol. The van der Waals surface area contributed by atoms with Crippen molar-refractivity contribution in [3.8, 4) is 17.3 Å². The third-order valence-corrected chi connectivity index (χ3v) is 8.12. The molecule has 0 saturated carbocycles. The highest BCUT2D eigenvalue weighted by atomic mass is 35.5. The number of fused-ring (bicyclic) bond motifs is 2. The van der Waals surface area contributed by atoms with Gasteiger partial charge < -0.3 is 5.32 Å². The maximum absolute atomic E-state index is 13.7. The topological polar surface area (TPSA) is 65.8 Å². The van der Waals surface area contributed by atoms with Crippen LogP contribution in [0.15, 0.2) is 42.5 Å². The van der Waals surface area contributed by atoms with Crippen LogP contribution >= 0.6 is 34.5 Å². The summed E-state index contributed by atoms with van der Waals surface area (Å²) < 4.78 is 0. The van der Waals surface area contributed by atoms with Gasteiger partial charge in [-0.2, -0.15) is 5.26 Å². The number of rotatable bonds is 3. The second kappa shape index (κ2) is 9.03. The minimum absolute atomic E-state index is 0.259. The summed E-state index contributed by atoms with van der Waals surface area (Å²) in [7, 11) is 0.